The van der Waals surface area contributed by atoms with E-state index in [1.165, 1.54) is 6.08 Å². The molecule has 4 heteroatoms. The maximum absolute atomic E-state index is 11.6. The first-order valence-electron chi connectivity index (χ1n) is 7.37. The van der Waals surface area contributed by atoms with Crippen molar-refractivity contribution in [3.05, 3.63) is 47.7 Å². The van der Waals surface area contributed by atoms with Crippen LogP contribution in [0.15, 0.2) is 42.2 Å². The maximum atomic E-state index is 11.6. The second-order valence-electron chi connectivity index (χ2n) is 4.35. The summed E-state index contributed by atoms with van der Waals surface area (Å²) in [6, 6.07) is 9.92. The lowest BCUT2D eigenvalue weighted by molar-refractivity contribution is -0.137. The number of hydrogen-bond acceptors (Lipinski definition) is 4. The first-order valence-corrected chi connectivity index (χ1v) is 7.37. The Bertz CT molecular complexity index is 439. The molecule has 0 aliphatic heterocycles. The number of ether oxygens (including phenoxy) is 3. The standard InChI is InChI=1S/C17H24O4/c1-4-19-15(13-17(18)21-6-3)12-16(20-5-2)14-10-8-7-9-11-14/h7-11,13,16H,4-6,12H2,1-3H3/b15-13-. The largest absolute Gasteiger partial charge is 0.498 e. The molecule has 0 aromatic heterocycles. The fraction of sp³-hybridized carbons (Fsp3) is 0.471. The molecule has 0 fully saturated rings. The van der Waals surface area contributed by atoms with Gasteiger partial charge in [-0.05, 0) is 26.3 Å². The molecule has 0 saturated heterocycles. The van der Waals surface area contributed by atoms with E-state index in [0.717, 1.165) is 5.56 Å². The molecule has 1 unspecified atom stereocenters. The summed E-state index contributed by atoms with van der Waals surface area (Å²) < 4.78 is 16.2. The second-order valence-corrected chi connectivity index (χ2v) is 4.35. The molecule has 21 heavy (non-hydrogen) atoms. The van der Waals surface area contributed by atoms with Crippen molar-refractivity contribution in [1.29, 1.82) is 0 Å². The fourth-order valence-electron chi connectivity index (χ4n) is 1.98. The Morgan fingerprint density at radius 3 is 2.29 bits per heavy atom. The first-order chi connectivity index (χ1) is 10.2. The van der Waals surface area contributed by atoms with Gasteiger partial charge in [-0.1, -0.05) is 30.3 Å². The number of carbonyl (C=O) groups is 1. The van der Waals surface area contributed by atoms with Crippen LogP contribution in [0.4, 0.5) is 0 Å². The Morgan fingerprint density at radius 2 is 1.71 bits per heavy atom. The smallest absolute Gasteiger partial charge is 0.334 e. The van der Waals surface area contributed by atoms with Gasteiger partial charge in [-0.2, -0.15) is 0 Å². The molecule has 4 nitrogen and oxygen atoms in total. The van der Waals surface area contributed by atoms with Crippen molar-refractivity contribution in [2.45, 2.75) is 33.3 Å². The average molecular weight is 292 g/mol. The first kappa shape index (κ1) is 17.2. The van der Waals surface area contributed by atoms with E-state index in [1.54, 1.807) is 6.92 Å². The van der Waals surface area contributed by atoms with Gasteiger partial charge in [0, 0.05) is 13.0 Å². The number of hydrogen-bond donors (Lipinski definition) is 0. The van der Waals surface area contributed by atoms with Gasteiger partial charge in [0.2, 0.25) is 0 Å². The van der Waals surface area contributed by atoms with E-state index in [-0.39, 0.29) is 12.1 Å². The van der Waals surface area contributed by atoms with Crippen LogP contribution in [0.1, 0.15) is 38.9 Å². The minimum absolute atomic E-state index is 0.136. The molecule has 0 bridgehead atoms. The van der Waals surface area contributed by atoms with Crippen LogP contribution in [-0.2, 0) is 19.0 Å². The third-order valence-electron chi connectivity index (χ3n) is 2.82. The summed E-state index contributed by atoms with van der Waals surface area (Å²) in [6.45, 7) is 7.06. The number of rotatable bonds is 9. The van der Waals surface area contributed by atoms with Crippen LogP contribution in [-0.4, -0.2) is 25.8 Å². The quantitative estimate of drug-likeness (QED) is 0.396. The Hall–Kier alpha value is -1.81. The van der Waals surface area contributed by atoms with Crippen molar-refractivity contribution in [3.63, 3.8) is 0 Å². The summed E-state index contributed by atoms with van der Waals surface area (Å²) in [5, 5.41) is 0. The predicted octanol–water partition coefficient (Wildman–Crippen LogP) is 3.64. The molecule has 0 heterocycles. The van der Waals surface area contributed by atoms with Crippen LogP contribution in [0.2, 0.25) is 0 Å². The van der Waals surface area contributed by atoms with Crippen LogP contribution in [0.5, 0.6) is 0 Å². The van der Waals surface area contributed by atoms with Gasteiger partial charge in [0.05, 0.1) is 25.4 Å². The van der Waals surface area contributed by atoms with Gasteiger partial charge in [0.15, 0.2) is 0 Å². The van der Waals surface area contributed by atoms with Crippen molar-refractivity contribution >= 4 is 5.97 Å². The summed E-state index contributed by atoms with van der Waals surface area (Å²) in [5.41, 5.74) is 1.06. The lowest BCUT2D eigenvalue weighted by Gasteiger charge is -2.19. The van der Waals surface area contributed by atoms with E-state index in [9.17, 15) is 4.79 Å². The highest BCUT2D eigenvalue weighted by molar-refractivity contribution is 5.82. The van der Waals surface area contributed by atoms with Gasteiger partial charge < -0.3 is 14.2 Å². The van der Waals surface area contributed by atoms with E-state index in [1.807, 2.05) is 44.2 Å². The molecular weight excluding hydrogens is 268 g/mol. The monoisotopic (exact) mass is 292 g/mol. The van der Waals surface area contributed by atoms with Crippen LogP contribution < -0.4 is 0 Å². The van der Waals surface area contributed by atoms with Crippen molar-refractivity contribution in [3.8, 4) is 0 Å². The van der Waals surface area contributed by atoms with Crippen molar-refractivity contribution in [1.82, 2.24) is 0 Å². The molecule has 0 amide bonds. The zero-order chi connectivity index (χ0) is 15.5. The molecule has 0 aliphatic carbocycles. The van der Waals surface area contributed by atoms with Crippen molar-refractivity contribution in [2.75, 3.05) is 19.8 Å². The number of carbonyl (C=O) groups excluding carboxylic acids is 1. The molecular formula is C17H24O4. The average Bonchev–Trinajstić information content (AvgIpc) is 2.48. The minimum Gasteiger partial charge on any atom is -0.498 e. The van der Waals surface area contributed by atoms with Crippen LogP contribution in [0.3, 0.4) is 0 Å². The topological polar surface area (TPSA) is 44.8 Å². The van der Waals surface area contributed by atoms with Gasteiger partial charge in [0.1, 0.15) is 5.76 Å². The van der Waals surface area contributed by atoms with E-state index >= 15 is 0 Å². The lowest BCUT2D eigenvalue weighted by Crippen LogP contribution is -2.09. The van der Waals surface area contributed by atoms with Gasteiger partial charge >= 0.3 is 5.97 Å². The van der Waals surface area contributed by atoms with E-state index in [2.05, 4.69) is 0 Å². The minimum atomic E-state index is -0.385. The molecule has 0 radical (unpaired) electrons. The van der Waals surface area contributed by atoms with Gasteiger partial charge in [-0.15, -0.1) is 0 Å². The molecule has 116 valence electrons. The predicted molar refractivity (Wildman–Crippen MR) is 81.8 cm³/mol. The fourth-order valence-corrected chi connectivity index (χ4v) is 1.98. The Balaban J connectivity index is 2.84. The lowest BCUT2D eigenvalue weighted by atomic mass is 10.1. The maximum Gasteiger partial charge on any atom is 0.334 e. The Morgan fingerprint density at radius 1 is 1.05 bits per heavy atom. The Kier molecular flexibility index (Phi) is 8.21. The van der Waals surface area contributed by atoms with Crippen molar-refractivity contribution < 1.29 is 19.0 Å². The van der Waals surface area contributed by atoms with Gasteiger partial charge in [-0.25, -0.2) is 4.79 Å². The summed E-state index contributed by atoms with van der Waals surface area (Å²) in [5.74, 6) is 0.197. The van der Waals surface area contributed by atoms with E-state index < -0.39 is 0 Å². The molecule has 1 atom stereocenters. The highest BCUT2D eigenvalue weighted by atomic mass is 16.5. The van der Waals surface area contributed by atoms with Crippen LogP contribution >= 0.6 is 0 Å². The molecule has 1 aromatic rings. The molecule has 0 spiro atoms. The molecule has 0 saturated carbocycles. The summed E-state index contributed by atoms with van der Waals surface area (Å²) in [7, 11) is 0. The summed E-state index contributed by atoms with van der Waals surface area (Å²) >= 11 is 0. The zero-order valence-electron chi connectivity index (χ0n) is 13.0. The molecule has 1 aromatic carbocycles. The third-order valence-corrected chi connectivity index (χ3v) is 2.82. The molecule has 0 aliphatic rings. The summed E-state index contributed by atoms with van der Waals surface area (Å²) in [4.78, 5) is 11.6. The second kappa shape index (κ2) is 10.00. The normalized spacial score (nSPS) is 12.8. The Labute approximate surface area is 126 Å². The van der Waals surface area contributed by atoms with Gasteiger partial charge in [-0.3, -0.25) is 0 Å². The van der Waals surface area contributed by atoms with Crippen LogP contribution in [0.25, 0.3) is 0 Å². The molecule has 0 N–H and O–H groups in total. The van der Waals surface area contributed by atoms with Crippen molar-refractivity contribution in [2.24, 2.45) is 0 Å². The number of esters is 1. The SMILES string of the molecule is CCOC(=O)/C=C(/CC(OCC)c1ccccc1)OCC. The third kappa shape index (κ3) is 6.45. The molecule has 1 rings (SSSR count). The highest BCUT2D eigenvalue weighted by Crippen LogP contribution is 2.25. The van der Waals surface area contributed by atoms with Gasteiger partial charge in [0.25, 0.3) is 0 Å². The van der Waals surface area contributed by atoms with Crippen LogP contribution in [0, 0.1) is 0 Å². The number of benzene rings is 1. The van der Waals surface area contributed by atoms with E-state index in [0.29, 0.717) is 32.0 Å². The zero-order valence-corrected chi connectivity index (χ0v) is 13.0. The summed E-state index contributed by atoms with van der Waals surface area (Å²) in [6.07, 6.45) is 1.77. The highest BCUT2D eigenvalue weighted by Gasteiger charge is 2.15. The van der Waals surface area contributed by atoms with E-state index in [4.69, 9.17) is 14.2 Å².